The number of unbranched alkanes of at least 4 members (excludes halogenated alkanes) is 1. The SMILES string of the molecule is CCCC[C@H](N)c1ccc(F)cc1F. The topological polar surface area (TPSA) is 26.0 Å². The van der Waals surface area contributed by atoms with E-state index in [1.54, 1.807) is 0 Å². The van der Waals surface area contributed by atoms with E-state index in [1.165, 1.54) is 12.1 Å². The molecule has 2 N–H and O–H groups in total. The van der Waals surface area contributed by atoms with E-state index in [1.807, 2.05) is 6.92 Å². The molecule has 0 amide bonds. The van der Waals surface area contributed by atoms with Crippen LogP contribution in [0.5, 0.6) is 0 Å². The maximum atomic E-state index is 13.2. The summed E-state index contributed by atoms with van der Waals surface area (Å²) in [4.78, 5) is 0. The van der Waals surface area contributed by atoms with Gasteiger partial charge in [-0.2, -0.15) is 0 Å². The predicted molar refractivity (Wildman–Crippen MR) is 52.8 cm³/mol. The average molecular weight is 199 g/mol. The maximum Gasteiger partial charge on any atom is 0.130 e. The predicted octanol–water partition coefficient (Wildman–Crippen LogP) is 3.15. The van der Waals surface area contributed by atoms with Crippen molar-refractivity contribution in [1.29, 1.82) is 0 Å². The van der Waals surface area contributed by atoms with Gasteiger partial charge in [0.1, 0.15) is 11.6 Å². The lowest BCUT2D eigenvalue weighted by atomic mass is 10.0. The van der Waals surface area contributed by atoms with Gasteiger partial charge in [0.25, 0.3) is 0 Å². The highest BCUT2D eigenvalue weighted by molar-refractivity contribution is 5.21. The lowest BCUT2D eigenvalue weighted by molar-refractivity contribution is 0.533. The third-order valence-electron chi connectivity index (χ3n) is 2.23. The van der Waals surface area contributed by atoms with E-state index in [2.05, 4.69) is 0 Å². The summed E-state index contributed by atoms with van der Waals surface area (Å²) < 4.78 is 25.8. The summed E-state index contributed by atoms with van der Waals surface area (Å²) in [6, 6.07) is 3.21. The summed E-state index contributed by atoms with van der Waals surface area (Å²) in [7, 11) is 0. The molecule has 0 fully saturated rings. The van der Waals surface area contributed by atoms with Crippen LogP contribution in [0, 0.1) is 11.6 Å². The first-order valence-corrected chi connectivity index (χ1v) is 4.85. The quantitative estimate of drug-likeness (QED) is 0.792. The largest absolute Gasteiger partial charge is 0.324 e. The van der Waals surface area contributed by atoms with E-state index in [4.69, 9.17) is 5.73 Å². The third kappa shape index (κ3) is 2.77. The fourth-order valence-electron chi connectivity index (χ4n) is 1.38. The van der Waals surface area contributed by atoms with Crippen molar-refractivity contribution >= 4 is 0 Å². The van der Waals surface area contributed by atoms with Crippen LogP contribution in [-0.2, 0) is 0 Å². The Balaban J connectivity index is 2.74. The number of nitrogens with two attached hydrogens (primary N) is 1. The number of benzene rings is 1. The lowest BCUT2D eigenvalue weighted by Crippen LogP contribution is -2.12. The lowest BCUT2D eigenvalue weighted by Gasteiger charge is -2.12. The van der Waals surface area contributed by atoms with Gasteiger partial charge in [-0.1, -0.05) is 25.8 Å². The van der Waals surface area contributed by atoms with Crippen molar-refractivity contribution in [1.82, 2.24) is 0 Å². The van der Waals surface area contributed by atoms with Gasteiger partial charge < -0.3 is 5.73 Å². The molecule has 0 aliphatic carbocycles. The van der Waals surface area contributed by atoms with Crippen molar-refractivity contribution in [2.75, 3.05) is 0 Å². The molecule has 0 aliphatic rings. The van der Waals surface area contributed by atoms with Crippen LogP contribution < -0.4 is 5.73 Å². The van der Waals surface area contributed by atoms with E-state index < -0.39 is 11.6 Å². The van der Waals surface area contributed by atoms with Gasteiger partial charge in [0.2, 0.25) is 0 Å². The summed E-state index contributed by atoms with van der Waals surface area (Å²) >= 11 is 0. The van der Waals surface area contributed by atoms with E-state index in [0.717, 1.165) is 25.3 Å². The zero-order valence-corrected chi connectivity index (χ0v) is 8.26. The standard InChI is InChI=1S/C11H15F2N/c1-2-3-4-11(14)9-6-5-8(12)7-10(9)13/h5-7,11H,2-4,14H2,1H3/t11-/m0/s1. The van der Waals surface area contributed by atoms with Crippen molar-refractivity contribution in [2.45, 2.75) is 32.2 Å². The summed E-state index contributed by atoms with van der Waals surface area (Å²) in [5, 5.41) is 0. The first-order valence-electron chi connectivity index (χ1n) is 4.85. The minimum Gasteiger partial charge on any atom is -0.324 e. The maximum absolute atomic E-state index is 13.2. The minimum atomic E-state index is -0.561. The van der Waals surface area contributed by atoms with Crippen molar-refractivity contribution in [3.05, 3.63) is 35.4 Å². The molecule has 0 saturated heterocycles. The molecule has 0 radical (unpaired) electrons. The van der Waals surface area contributed by atoms with E-state index in [9.17, 15) is 8.78 Å². The van der Waals surface area contributed by atoms with Gasteiger partial charge in [0.05, 0.1) is 0 Å². The van der Waals surface area contributed by atoms with E-state index in [-0.39, 0.29) is 6.04 Å². The Hall–Kier alpha value is -0.960. The monoisotopic (exact) mass is 199 g/mol. The van der Waals surface area contributed by atoms with Gasteiger partial charge in [-0.25, -0.2) is 8.78 Å². The molecule has 78 valence electrons. The summed E-state index contributed by atoms with van der Waals surface area (Å²) in [6.07, 6.45) is 2.72. The molecule has 0 aliphatic heterocycles. The Kier molecular flexibility index (Phi) is 4.01. The molecule has 0 spiro atoms. The van der Waals surface area contributed by atoms with Crippen LogP contribution in [0.4, 0.5) is 8.78 Å². The number of rotatable bonds is 4. The summed E-state index contributed by atoms with van der Waals surface area (Å²) in [5.74, 6) is -1.11. The first-order chi connectivity index (χ1) is 6.65. The van der Waals surface area contributed by atoms with E-state index in [0.29, 0.717) is 5.56 Å². The Morgan fingerprint density at radius 3 is 2.64 bits per heavy atom. The molecule has 1 rings (SSSR count). The Morgan fingerprint density at radius 2 is 2.07 bits per heavy atom. The Bertz CT molecular complexity index is 299. The fraction of sp³-hybridized carbons (Fsp3) is 0.455. The second kappa shape index (κ2) is 5.05. The van der Waals surface area contributed by atoms with Crippen molar-refractivity contribution in [2.24, 2.45) is 5.73 Å². The van der Waals surface area contributed by atoms with Crippen LogP contribution in [0.2, 0.25) is 0 Å². The normalized spacial score (nSPS) is 12.9. The molecule has 0 saturated carbocycles. The smallest absolute Gasteiger partial charge is 0.130 e. The van der Waals surface area contributed by atoms with Crippen LogP contribution in [0.1, 0.15) is 37.8 Å². The average Bonchev–Trinajstić information content (AvgIpc) is 2.14. The molecule has 0 heterocycles. The summed E-state index contributed by atoms with van der Waals surface area (Å²) in [6.45, 7) is 2.05. The van der Waals surface area contributed by atoms with Gasteiger partial charge in [-0.05, 0) is 12.5 Å². The molecule has 0 unspecified atom stereocenters. The van der Waals surface area contributed by atoms with Crippen LogP contribution >= 0.6 is 0 Å². The van der Waals surface area contributed by atoms with Gasteiger partial charge in [0, 0.05) is 17.7 Å². The van der Waals surface area contributed by atoms with Crippen molar-refractivity contribution < 1.29 is 8.78 Å². The van der Waals surface area contributed by atoms with Crippen molar-refractivity contribution in [3.8, 4) is 0 Å². The molecule has 0 aromatic heterocycles. The number of halogens is 2. The van der Waals surface area contributed by atoms with Crippen LogP contribution in [0.3, 0.4) is 0 Å². The minimum absolute atomic E-state index is 0.324. The van der Waals surface area contributed by atoms with Crippen LogP contribution in [-0.4, -0.2) is 0 Å². The summed E-state index contributed by atoms with van der Waals surface area (Å²) in [5.41, 5.74) is 6.17. The molecule has 1 nitrogen and oxygen atoms in total. The molecular formula is C11H15F2N. The third-order valence-corrected chi connectivity index (χ3v) is 2.23. The Labute approximate surface area is 82.9 Å². The Morgan fingerprint density at radius 1 is 1.36 bits per heavy atom. The van der Waals surface area contributed by atoms with Gasteiger partial charge in [-0.3, -0.25) is 0 Å². The second-order valence-electron chi connectivity index (χ2n) is 3.41. The van der Waals surface area contributed by atoms with Crippen LogP contribution in [0.25, 0.3) is 0 Å². The highest BCUT2D eigenvalue weighted by atomic mass is 19.1. The number of hydrogen-bond donors (Lipinski definition) is 1. The molecule has 3 heteroatoms. The zero-order valence-electron chi connectivity index (χ0n) is 8.26. The van der Waals surface area contributed by atoms with Gasteiger partial charge in [0.15, 0.2) is 0 Å². The van der Waals surface area contributed by atoms with Gasteiger partial charge in [-0.15, -0.1) is 0 Å². The van der Waals surface area contributed by atoms with E-state index >= 15 is 0 Å². The second-order valence-corrected chi connectivity index (χ2v) is 3.41. The molecule has 1 aromatic carbocycles. The first kappa shape index (κ1) is 11.1. The molecule has 14 heavy (non-hydrogen) atoms. The number of hydrogen-bond acceptors (Lipinski definition) is 1. The van der Waals surface area contributed by atoms with Gasteiger partial charge >= 0.3 is 0 Å². The fourth-order valence-corrected chi connectivity index (χ4v) is 1.38. The molecular weight excluding hydrogens is 184 g/mol. The molecule has 1 atom stereocenters. The zero-order chi connectivity index (χ0) is 10.6. The highest BCUT2D eigenvalue weighted by Crippen LogP contribution is 2.20. The highest BCUT2D eigenvalue weighted by Gasteiger charge is 2.11. The molecule has 0 bridgehead atoms. The van der Waals surface area contributed by atoms with Crippen molar-refractivity contribution in [3.63, 3.8) is 0 Å². The molecule has 1 aromatic rings. The van der Waals surface area contributed by atoms with Crippen LogP contribution in [0.15, 0.2) is 18.2 Å².